The molecule has 0 saturated heterocycles. The molecule has 0 spiro atoms. The number of anilines is 1. The molecule has 0 unspecified atom stereocenters. The highest BCUT2D eigenvalue weighted by atomic mass is 32.1. The average Bonchev–Trinajstić information content (AvgIpc) is 2.74. The van der Waals surface area contributed by atoms with E-state index in [1.165, 1.54) is 22.7 Å². The van der Waals surface area contributed by atoms with Gasteiger partial charge in [-0.2, -0.15) is 0 Å². The van der Waals surface area contributed by atoms with Crippen LogP contribution in [0.2, 0.25) is 0 Å². The molecule has 150 valence electrons. The van der Waals surface area contributed by atoms with Gasteiger partial charge in [0.25, 0.3) is 0 Å². The van der Waals surface area contributed by atoms with E-state index in [0.717, 1.165) is 11.8 Å². The lowest BCUT2D eigenvalue weighted by Gasteiger charge is -2.29. The molecule has 0 saturated carbocycles. The molecule has 0 aliphatic heterocycles. The van der Waals surface area contributed by atoms with Crippen molar-refractivity contribution in [2.45, 2.75) is 19.9 Å². The van der Waals surface area contributed by atoms with Crippen molar-refractivity contribution in [3.8, 4) is 0 Å². The molecule has 1 atom stereocenters. The summed E-state index contributed by atoms with van der Waals surface area (Å²) in [5.41, 5.74) is 0.778. The quantitative estimate of drug-likeness (QED) is 0.399. The summed E-state index contributed by atoms with van der Waals surface area (Å²) in [6.45, 7) is 4.42. The van der Waals surface area contributed by atoms with Crippen LogP contribution in [0.1, 0.15) is 13.8 Å². The van der Waals surface area contributed by atoms with Gasteiger partial charge in [0.2, 0.25) is 0 Å². The molecule has 2 nitrogen and oxygen atoms in total. The van der Waals surface area contributed by atoms with Crippen molar-refractivity contribution in [1.29, 1.82) is 0 Å². The van der Waals surface area contributed by atoms with Crippen LogP contribution in [-0.4, -0.2) is 17.3 Å². The first-order chi connectivity index (χ1) is 14.0. The topological polar surface area (TPSA) is 24.1 Å². The molecular formula is C24H26FN2PS. The molecule has 0 heterocycles. The fraction of sp³-hybridized carbons (Fsp3) is 0.208. The predicted molar refractivity (Wildman–Crippen MR) is 128 cm³/mol. The van der Waals surface area contributed by atoms with E-state index in [0.29, 0.717) is 11.0 Å². The monoisotopic (exact) mass is 424 g/mol. The third-order valence-electron chi connectivity index (χ3n) is 4.74. The molecular weight excluding hydrogens is 398 g/mol. The van der Waals surface area contributed by atoms with Crippen LogP contribution in [-0.2, 0) is 0 Å². The van der Waals surface area contributed by atoms with Gasteiger partial charge in [-0.15, -0.1) is 0 Å². The summed E-state index contributed by atoms with van der Waals surface area (Å²) in [5.74, 6) is 0.145. The minimum atomic E-state index is -0.516. The second-order valence-electron chi connectivity index (χ2n) is 7.24. The fourth-order valence-electron chi connectivity index (χ4n) is 3.06. The van der Waals surface area contributed by atoms with Gasteiger partial charge >= 0.3 is 0 Å². The summed E-state index contributed by atoms with van der Waals surface area (Å²) < 4.78 is 13.1. The number of halogens is 1. The molecule has 5 heteroatoms. The Balaban J connectivity index is 1.76. The second-order valence-corrected chi connectivity index (χ2v) is 9.90. The summed E-state index contributed by atoms with van der Waals surface area (Å²) in [6.07, 6.45) is 0.978. The molecule has 0 aliphatic carbocycles. The lowest BCUT2D eigenvalue weighted by molar-refractivity contribution is 0.494. The zero-order chi connectivity index (χ0) is 20.6. The van der Waals surface area contributed by atoms with Crippen molar-refractivity contribution in [2.75, 3.05) is 11.5 Å². The van der Waals surface area contributed by atoms with Crippen LogP contribution in [0.15, 0.2) is 84.9 Å². The third kappa shape index (κ3) is 6.35. The van der Waals surface area contributed by atoms with Crippen molar-refractivity contribution < 1.29 is 4.39 Å². The largest absolute Gasteiger partial charge is 0.359 e. The fourth-order valence-corrected chi connectivity index (χ4v) is 6.02. The Hall–Kier alpha value is -2.29. The summed E-state index contributed by atoms with van der Waals surface area (Å²) in [4.78, 5) is 0. The van der Waals surface area contributed by atoms with E-state index in [2.05, 4.69) is 85.1 Å². The molecule has 3 rings (SSSR count). The van der Waals surface area contributed by atoms with Crippen LogP contribution < -0.4 is 21.2 Å². The average molecular weight is 425 g/mol. The van der Waals surface area contributed by atoms with Crippen molar-refractivity contribution in [1.82, 2.24) is 5.32 Å². The summed E-state index contributed by atoms with van der Waals surface area (Å²) >= 11 is 5.54. The van der Waals surface area contributed by atoms with Crippen molar-refractivity contribution in [3.63, 3.8) is 0 Å². The van der Waals surface area contributed by atoms with Gasteiger partial charge in [0.1, 0.15) is 5.82 Å². The first-order valence-corrected chi connectivity index (χ1v) is 11.7. The normalized spacial score (nSPS) is 12.0. The molecule has 0 aliphatic rings. The Bertz CT molecular complexity index is 862. The number of thiocarbonyl (C=S) groups is 1. The van der Waals surface area contributed by atoms with E-state index in [-0.39, 0.29) is 11.9 Å². The molecule has 0 bridgehead atoms. The summed E-state index contributed by atoms with van der Waals surface area (Å²) in [5, 5.41) is 9.94. The van der Waals surface area contributed by atoms with E-state index in [1.54, 1.807) is 12.1 Å². The van der Waals surface area contributed by atoms with Gasteiger partial charge in [-0.25, -0.2) is 4.39 Å². The number of nitrogens with one attached hydrogen (secondary N) is 2. The molecule has 0 fully saturated rings. The molecule has 0 radical (unpaired) electrons. The Morgan fingerprint density at radius 2 is 1.38 bits per heavy atom. The van der Waals surface area contributed by atoms with Gasteiger partial charge in [-0.05, 0) is 67.1 Å². The van der Waals surface area contributed by atoms with E-state index in [4.69, 9.17) is 12.2 Å². The van der Waals surface area contributed by atoms with E-state index in [9.17, 15) is 4.39 Å². The number of benzene rings is 3. The van der Waals surface area contributed by atoms with E-state index >= 15 is 0 Å². The first kappa shape index (κ1) is 21.4. The Morgan fingerprint density at radius 3 is 1.86 bits per heavy atom. The van der Waals surface area contributed by atoms with Gasteiger partial charge in [-0.1, -0.05) is 74.5 Å². The second kappa shape index (κ2) is 10.5. The van der Waals surface area contributed by atoms with Gasteiger partial charge in [0.05, 0.1) is 0 Å². The van der Waals surface area contributed by atoms with Crippen LogP contribution in [0.25, 0.3) is 0 Å². The zero-order valence-corrected chi connectivity index (χ0v) is 18.4. The lowest BCUT2D eigenvalue weighted by Crippen LogP contribution is -2.44. The highest BCUT2D eigenvalue weighted by Gasteiger charge is 2.22. The van der Waals surface area contributed by atoms with Crippen LogP contribution in [0, 0.1) is 11.7 Å². The maximum absolute atomic E-state index is 13.1. The lowest BCUT2D eigenvalue weighted by atomic mass is 10.1. The van der Waals surface area contributed by atoms with E-state index in [1.807, 2.05) is 0 Å². The summed E-state index contributed by atoms with van der Waals surface area (Å²) in [6, 6.07) is 27.8. The minimum Gasteiger partial charge on any atom is -0.359 e. The first-order valence-electron chi connectivity index (χ1n) is 9.73. The molecule has 0 amide bonds. The smallest absolute Gasteiger partial charge is 0.171 e. The molecule has 29 heavy (non-hydrogen) atoms. The third-order valence-corrected chi connectivity index (χ3v) is 7.56. The van der Waals surface area contributed by atoms with Gasteiger partial charge in [-0.3, -0.25) is 0 Å². The van der Waals surface area contributed by atoms with Crippen LogP contribution in [0.5, 0.6) is 0 Å². The highest BCUT2D eigenvalue weighted by Crippen LogP contribution is 2.35. The number of hydrogen-bond acceptors (Lipinski definition) is 1. The highest BCUT2D eigenvalue weighted by molar-refractivity contribution is 7.80. The van der Waals surface area contributed by atoms with Crippen molar-refractivity contribution >= 4 is 41.5 Å². The molecule has 0 aromatic heterocycles. The Labute approximate surface area is 179 Å². The molecule has 3 aromatic rings. The zero-order valence-electron chi connectivity index (χ0n) is 16.7. The van der Waals surface area contributed by atoms with Crippen molar-refractivity contribution in [2.24, 2.45) is 5.92 Å². The SMILES string of the molecule is CC(C)[C@@H](CP(c1ccccc1)c1ccccc1)NC(=S)Nc1ccc(F)cc1. The van der Waals surface area contributed by atoms with E-state index < -0.39 is 7.92 Å². The Morgan fingerprint density at radius 1 is 0.862 bits per heavy atom. The maximum atomic E-state index is 13.1. The van der Waals surface area contributed by atoms with Crippen LogP contribution in [0.3, 0.4) is 0 Å². The summed E-state index contributed by atoms with van der Waals surface area (Å²) in [7, 11) is -0.516. The predicted octanol–water partition coefficient (Wildman–Crippen LogP) is 5.27. The molecule has 3 aromatic carbocycles. The van der Waals surface area contributed by atoms with Crippen LogP contribution in [0.4, 0.5) is 10.1 Å². The Kier molecular flexibility index (Phi) is 7.74. The number of rotatable bonds is 7. The van der Waals surface area contributed by atoms with Gasteiger partial charge < -0.3 is 10.6 Å². The van der Waals surface area contributed by atoms with Crippen molar-refractivity contribution in [3.05, 3.63) is 90.7 Å². The van der Waals surface area contributed by atoms with Gasteiger partial charge in [0.15, 0.2) is 5.11 Å². The van der Waals surface area contributed by atoms with Crippen LogP contribution >= 0.6 is 20.1 Å². The maximum Gasteiger partial charge on any atom is 0.171 e. The standard InChI is InChI=1S/C24H26FN2PS/c1-18(2)23(27-24(29)26-20-15-13-19(25)14-16-20)17-28(21-9-5-3-6-10-21)22-11-7-4-8-12-22/h3-16,18,23H,17H2,1-2H3,(H2,26,27,29)/t23-/m1/s1. The minimum absolute atomic E-state index is 0.210. The van der Waals surface area contributed by atoms with Gasteiger partial charge in [0, 0.05) is 11.7 Å². The number of hydrogen-bond donors (Lipinski definition) is 2. The molecule has 2 N–H and O–H groups in total.